The second-order valence-corrected chi connectivity index (χ2v) is 10.2. The number of ether oxygens (including phenoxy) is 2. The summed E-state index contributed by atoms with van der Waals surface area (Å²) in [7, 11) is -0.545. The zero-order valence-electron chi connectivity index (χ0n) is 17.5. The molecule has 1 N–H and O–H groups in total. The molecule has 1 atom stereocenters. The standard InChI is InChI=1S/C20H22N4O6S2/c1-28-15-8-7-13(11-16(15)29-2)19-22-23-20(30-19)21-18(25)14-5-3-9-24(12-14)32(26,27)17-6-4-10-31-17/h4,6-8,10-11,14H,3,5,9,12H2,1-2H3,(H,21,23,25). The summed E-state index contributed by atoms with van der Waals surface area (Å²) in [5.41, 5.74) is 0.599. The summed E-state index contributed by atoms with van der Waals surface area (Å²) in [5.74, 6) is 0.381. The lowest BCUT2D eigenvalue weighted by Crippen LogP contribution is -2.43. The number of methoxy groups -OCH3 is 2. The molecule has 1 fully saturated rings. The van der Waals surface area contributed by atoms with Crippen molar-refractivity contribution in [2.45, 2.75) is 17.1 Å². The van der Waals surface area contributed by atoms with E-state index in [4.69, 9.17) is 13.9 Å². The zero-order valence-corrected chi connectivity index (χ0v) is 19.1. The van der Waals surface area contributed by atoms with Gasteiger partial charge in [0.2, 0.25) is 11.8 Å². The van der Waals surface area contributed by atoms with Gasteiger partial charge in [-0.15, -0.1) is 16.4 Å². The van der Waals surface area contributed by atoms with Gasteiger partial charge in [-0.05, 0) is 42.5 Å². The Morgan fingerprint density at radius 1 is 1.22 bits per heavy atom. The zero-order chi connectivity index (χ0) is 22.7. The Labute approximate surface area is 189 Å². The molecule has 4 rings (SSSR count). The highest BCUT2D eigenvalue weighted by molar-refractivity contribution is 7.91. The number of nitrogens with one attached hydrogen (secondary N) is 1. The maximum atomic E-state index is 12.8. The van der Waals surface area contributed by atoms with Crippen LogP contribution in [0.1, 0.15) is 12.8 Å². The number of rotatable bonds is 7. The van der Waals surface area contributed by atoms with E-state index in [0.29, 0.717) is 36.4 Å². The monoisotopic (exact) mass is 478 g/mol. The lowest BCUT2D eigenvalue weighted by atomic mass is 9.99. The van der Waals surface area contributed by atoms with Crippen LogP contribution < -0.4 is 14.8 Å². The van der Waals surface area contributed by atoms with Crippen molar-refractivity contribution in [3.05, 3.63) is 35.7 Å². The number of amides is 1. The summed E-state index contributed by atoms with van der Waals surface area (Å²) < 4.78 is 43.3. The van der Waals surface area contributed by atoms with Gasteiger partial charge >= 0.3 is 6.01 Å². The van der Waals surface area contributed by atoms with E-state index >= 15 is 0 Å². The van der Waals surface area contributed by atoms with Gasteiger partial charge in [-0.1, -0.05) is 11.2 Å². The van der Waals surface area contributed by atoms with E-state index in [0.717, 1.165) is 11.3 Å². The fraction of sp³-hybridized carbons (Fsp3) is 0.350. The van der Waals surface area contributed by atoms with Gasteiger partial charge in [0.25, 0.3) is 10.0 Å². The van der Waals surface area contributed by atoms with E-state index in [1.165, 1.54) is 18.5 Å². The first-order valence-corrected chi connectivity index (χ1v) is 12.1. The van der Waals surface area contributed by atoms with Crippen molar-refractivity contribution < 1.29 is 27.1 Å². The molecule has 1 aliphatic rings. The number of sulfonamides is 1. The highest BCUT2D eigenvalue weighted by Crippen LogP contribution is 2.32. The molecular formula is C20H22N4O6S2. The highest BCUT2D eigenvalue weighted by Gasteiger charge is 2.34. The quantitative estimate of drug-likeness (QED) is 0.550. The largest absolute Gasteiger partial charge is 0.493 e. The SMILES string of the molecule is COc1ccc(-c2nnc(NC(=O)C3CCCN(S(=O)(=O)c4cccs4)C3)o2)cc1OC. The van der Waals surface area contributed by atoms with Crippen LogP contribution in [0.15, 0.2) is 44.3 Å². The molecule has 3 heterocycles. The van der Waals surface area contributed by atoms with Crippen LogP contribution in [0.3, 0.4) is 0 Å². The number of nitrogens with zero attached hydrogens (tertiary/aromatic N) is 3. The number of piperidine rings is 1. The van der Waals surface area contributed by atoms with E-state index in [2.05, 4.69) is 15.5 Å². The molecule has 170 valence electrons. The number of benzene rings is 1. The van der Waals surface area contributed by atoms with Crippen molar-refractivity contribution in [3.63, 3.8) is 0 Å². The number of carbonyl (C=O) groups is 1. The third kappa shape index (κ3) is 4.47. The number of hydrogen-bond donors (Lipinski definition) is 1. The molecule has 1 amide bonds. The Balaban J connectivity index is 1.44. The predicted molar refractivity (Wildman–Crippen MR) is 117 cm³/mol. The van der Waals surface area contributed by atoms with Crippen LogP contribution in [-0.4, -0.2) is 56.1 Å². The first-order valence-electron chi connectivity index (χ1n) is 9.83. The van der Waals surface area contributed by atoms with Gasteiger partial charge in [0, 0.05) is 18.7 Å². The maximum Gasteiger partial charge on any atom is 0.322 e. The highest BCUT2D eigenvalue weighted by atomic mass is 32.2. The summed E-state index contributed by atoms with van der Waals surface area (Å²) in [6.45, 7) is 0.483. The predicted octanol–water partition coefficient (Wildman–Crippen LogP) is 2.85. The molecule has 12 heteroatoms. The fourth-order valence-corrected chi connectivity index (χ4v) is 6.15. The maximum absolute atomic E-state index is 12.8. The van der Waals surface area contributed by atoms with Crippen molar-refractivity contribution in [1.82, 2.24) is 14.5 Å². The Morgan fingerprint density at radius 3 is 2.75 bits per heavy atom. The molecule has 0 saturated carbocycles. The van der Waals surface area contributed by atoms with Gasteiger partial charge in [0.05, 0.1) is 20.1 Å². The number of hydrogen-bond acceptors (Lipinski definition) is 9. The van der Waals surface area contributed by atoms with Crippen LogP contribution in [0.25, 0.3) is 11.5 Å². The van der Waals surface area contributed by atoms with Crippen molar-refractivity contribution in [2.24, 2.45) is 5.92 Å². The van der Waals surface area contributed by atoms with E-state index in [9.17, 15) is 13.2 Å². The molecule has 32 heavy (non-hydrogen) atoms. The van der Waals surface area contributed by atoms with Crippen molar-refractivity contribution >= 4 is 33.3 Å². The molecule has 1 aromatic carbocycles. The van der Waals surface area contributed by atoms with Crippen molar-refractivity contribution in [1.29, 1.82) is 0 Å². The average molecular weight is 479 g/mol. The lowest BCUT2D eigenvalue weighted by molar-refractivity contribution is -0.121. The first-order chi connectivity index (χ1) is 15.4. The van der Waals surface area contributed by atoms with Crippen LogP contribution in [0.4, 0.5) is 6.01 Å². The van der Waals surface area contributed by atoms with Crippen LogP contribution in [0, 0.1) is 5.92 Å². The van der Waals surface area contributed by atoms with Crippen molar-refractivity contribution in [2.75, 3.05) is 32.6 Å². The summed E-state index contributed by atoms with van der Waals surface area (Å²) in [6, 6.07) is 8.33. The molecule has 1 unspecified atom stereocenters. The van der Waals surface area contributed by atoms with E-state index in [1.807, 2.05) is 0 Å². The van der Waals surface area contributed by atoms with Crippen LogP contribution in [0.2, 0.25) is 0 Å². The average Bonchev–Trinajstić information content (AvgIpc) is 3.51. The summed E-state index contributed by atoms with van der Waals surface area (Å²) >= 11 is 1.16. The van der Waals surface area contributed by atoms with Crippen LogP contribution in [0.5, 0.6) is 11.5 Å². The number of aromatic nitrogens is 2. The Bertz CT molecular complexity index is 1190. The van der Waals surface area contributed by atoms with Crippen molar-refractivity contribution in [3.8, 4) is 23.0 Å². The summed E-state index contributed by atoms with van der Waals surface area (Å²) in [5, 5.41) is 12.2. The molecule has 0 radical (unpaired) electrons. The molecule has 1 saturated heterocycles. The van der Waals surface area contributed by atoms with Gasteiger partial charge in [-0.2, -0.15) is 4.31 Å². The van der Waals surface area contributed by atoms with Gasteiger partial charge < -0.3 is 13.9 Å². The molecule has 2 aromatic heterocycles. The van der Waals surface area contributed by atoms with E-state index in [-0.39, 0.29) is 28.6 Å². The Morgan fingerprint density at radius 2 is 2.03 bits per heavy atom. The first kappa shape index (κ1) is 22.2. The number of carbonyl (C=O) groups excluding carboxylic acids is 1. The second kappa shape index (κ2) is 9.27. The molecular weight excluding hydrogens is 456 g/mol. The third-order valence-electron chi connectivity index (χ3n) is 5.13. The van der Waals surface area contributed by atoms with Gasteiger partial charge in [0.15, 0.2) is 11.5 Å². The topological polar surface area (TPSA) is 124 Å². The van der Waals surface area contributed by atoms with Gasteiger partial charge in [0.1, 0.15) is 4.21 Å². The molecule has 0 spiro atoms. The minimum atomic E-state index is -3.60. The molecule has 0 bridgehead atoms. The smallest absolute Gasteiger partial charge is 0.322 e. The van der Waals surface area contributed by atoms with E-state index in [1.54, 1.807) is 35.7 Å². The van der Waals surface area contributed by atoms with Gasteiger partial charge in [-0.25, -0.2) is 8.42 Å². The molecule has 3 aromatic rings. The van der Waals surface area contributed by atoms with Crippen LogP contribution >= 0.6 is 11.3 Å². The Hall–Kier alpha value is -2.96. The fourth-order valence-electron chi connectivity index (χ4n) is 3.48. The normalized spacial score (nSPS) is 17.1. The van der Waals surface area contributed by atoms with Crippen LogP contribution in [-0.2, 0) is 14.8 Å². The molecule has 1 aliphatic heterocycles. The summed E-state index contributed by atoms with van der Waals surface area (Å²) in [4.78, 5) is 12.8. The number of anilines is 1. The third-order valence-corrected chi connectivity index (χ3v) is 8.37. The lowest BCUT2D eigenvalue weighted by Gasteiger charge is -2.30. The molecule has 0 aliphatic carbocycles. The summed E-state index contributed by atoms with van der Waals surface area (Å²) in [6.07, 6.45) is 1.16. The molecule has 10 nitrogen and oxygen atoms in total. The second-order valence-electron chi connectivity index (χ2n) is 7.11. The Kier molecular flexibility index (Phi) is 6.44. The van der Waals surface area contributed by atoms with Gasteiger partial charge in [-0.3, -0.25) is 10.1 Å². The minimum absolute atomic E-state index is 0.0574. The number of thiophene rings is 1. The minimum Gasteiger partial charge on any atom is -0.493 e. The van der Waals surface area contributed by atoms with E-state index < -0.39 is 15.9 Å².